The second-order valence-corrected chi connectivity index (χ2v) is 8.94. The summed E-state index contributed by atoms with van der Waals surface area (Å²) in [5, 5.41) is 13.1. The summed E-state index contributed by atoms with van der Waals surface area (Å²) in [6, 6.07) is 11.9. The molecule has 8 heteroatoms. The number of unbranched alkanes of at least 4 members (excludes halogenated alkanes) is 1. The van der Waals surface area contributed by atoms with Crippen molar-refractivity contribution in [1.29, 1.82) is 5.26 Å². The van der Waals surface area contributed by atoms with E-state index in [1.54, 1.807) is 24.6 Å². The van der Waals surface area contributed by atoms with Gasteiger partial charge in [-0.3, -0.25) is 19.1 Å². The van der Waals surface area contributed by atoms with Crippen LogP contribution in [-0.4, -0.2) is 26.7 Å². The number of hydrogen-bond acceptors (Lipinski definition) is 6. The predicted molar refractivity (Wildman–Crippen MR) is 130 cm³/mol. The van der Waals surface area contributed by atoms with Gasteiger partial charge < -0.3 is 5.32 Å². The molecule has 6 nitrogen and oxygen atoms in total. The van der Waals surface area contributed by atoms with Gasteiger partial charge in [0.2, 0.25) is 0 Å². The Morgan fingerprint density at radius 3 is 2.55 bits per heavy atom. The third kappa shape index (κ3) is 4.73. The normalized spacial score (nSPS) is 14.9. The fourth-order valence-corrected chi connectivity index (χ4v) is 4.50. The van der Waals surface area contributed by atoms with E-state index in [4.69, 9.17) is 12.2 Å². The van der Waals surface area contributed by atoms with E-state index in [0.29, 0.717) is 39.3 Å². The SMILES string of the molecule is CCCCn1c(NCc2ccccc2)c(/C=C2/SC(=S)N(C)C2=O)c(C)c(C#N)c1=O. The molecule has 1 fully saturated rings. The van der Waals surface area contributed by atoms with Crippen LogP contribution in [0.3, 0.4) is 0 Å². The molecule has 0 radical (unpaired) electrons. The van der Waals surface area contributed by atoms with E-state index in [2.05, 4.69) is 18.3 Å². The largest absolute Gasteiger partial charge is 0.367 e. The number of amides is 1. The maximum absolute atomic E-state index is 13.1. The Balaban J connectivity index is 2.18. The van der Waals surface area contributed by atoms with Gasteiger partial charge in [0, 0.05) is 25.7 Å². The van der Waals surface area contributed by atoms with E-state index in [0.717, 1.165) is 18.4 Å². The molecule has 1 aromatic heterocycles. The number of hydrogen-bond donors (Lipinski definition) is 1. The van der Waals surface area contributed by atoms with E-state index in [-0.39, 0.29) is 17.0 Å². The average Bonchev–Trinajstić information content (AvgIpc) is 3.01. The topological polar surface area (TPSA) is 78.1 Å². The lowest BCUT2D eigenvalue weighted by molar-refractivity contribution is -0.121. The lowest BCUT2D eigenvalue weighted by Gasteiger charge is -2.20. The van der Waals surface area contributed by atoms with Gasteiger partial charge in [0.15, 0.2) is 0 Å². The highest BCUT2D eigenvalue weighted by molar-refractivity contribution is 8.26. The molecule has 0 spiro atoms. The summed E-state index contributed by atoms with van der Waals surface area (Å²) in [6.07, 6.45) is 3.45. The average molecular weight is 453 g/mol. The lowest BCUT2D eigenvalue weighted by Crippen LogP contribution is -2.28. The number of anilines is 1. The van der Waals surface area contributed by atoms with E-state index in [1.807, 2.05) is 30.3 Å². The van der Waals surface area contributed by atoms with Crippen molar-refractivity contribution in [3.05, 3.63) is 67.8 Å². The van der Waals surface area contributed by atoms with Crippen molar-refractivity contribution in [2.45, 2.75) is 39.8 Å². The van der Waals surface area contributed by atoms with Crippen LogP contribution in [0.15, 0.2) is 40.0 Å². The minimum atomic E-state index is -0.316. The number of carbonyl (C=O) groups is 1. The number of benzene rings is 1. The number of pyridine rings is 1. The standard InChI is InChI=1S/C23H24N4O2S2/c1-4-5-11-27-20(25-14-16-9-7-6-8-10-16)17(15(2)18(13-24)21(27)28)12-19-22(29)26(3)23(30)31-19/h6-10,12,25H,4-5,11,14H2,1-3H3/b19-12+. The summed E-state index contributed by atoms with van der Waals surface area (Å²) in [5.74, 6) is 0.424. The summed E-state index contributed by atoms with van der Waals surface area (Å²) in [7, 11) is 1.64. The zero-order valence-electron chi connectivity index (χ0n) is 17.8. The Morgan fingerprint density at radius 1 is 1.26 bits per heavy atom. The molecule has 1 aliphatic rings. The first-order valence-corrected chi connectivity index (χ1v) is 11.3. The molecule has 0 atom stereocenters. The van der Waals surface area contributed by atoms with Gasteiger partial charge in [0.25, 0.3) is 11.5 Å². The zero-order chi connectivity index (χ0) is 22.5. The van der Waals surface area contributed by atoms with Crippen LogP contribution in [0.1, 0.15) is 42.0 Å². The number of nitrogens with one attached hydrogen (secondary N) is 1. The van der Waals surface area contributed by atoms with Crippen molar-refractivity contribution in [1.82, 2.24) is 9.47 Å². The van der Waals surface area contributed by atoms with Crippen LogP contribution in [0.2, 0.25) is 0 Å². The second-order valence-electron chi connectivity index (χ2n) is 7.26. The number of nitrogens with zero attached hydrogens (tertiary/aromatic N) is 3. The van der Waals surface area contributed by atoms with Crippen LogP contribution in [0, 0.1) is 18.3 Å². The molecule has 1 N–H and O–H groups in total. The zero-order valence-corrected chi connectivity index (χ0v) is 19.4. The van der Waals surface area contributed by atoms with Crippen molar-refractivity contribution in [3.63, 3.8) is 0 Å². The third-order valence-electron chi connectivity index (χ3n) is 5.17. The highest BCUT2D eigenvalue weighted by atomic mass is 32.2. The van der Waals surface area contributed by atoms with Crippen molar-refractivity contribution >= 4 is 46.1 Å². The molecule has 1 aliphatic heterocycles. The van der Waals surface area contributed by atoms with Gasteiger partial charge in [-0.05, 0) is 30.5 Å². The molecule has 31 heavy (non-hydrogen) atoms. The third-order valence-corrected chi connectivity index (χ3v) is 6.66. The lowest BCUT2D eigenvalue weighted by atomic mass is 10.0. The minimum absolute atomic E-state index is 0.0968. The van der Waals surface area contributed by atoms with E-state index < -0.39 is 0 Å². The Morgan fingerprint density at radius 2 is 1.97 bits per heavy atom. The van der Waals surface area contributed by atoms with Gasteiger partial charge >= 0.3 is 0 Å². The van der Waals surface area contributed by atoms with Crippen LogP contribution in [0.4, 0.5) is 5.82 Å². The Kier molecular flexibility index (Phi) is 7.31. The van der Waals surface area contributed by atoms with E-state index in [9.17, 15) is 14.9 Å². The Labute approximate surface area is 191 Å². The van der Waals surface area contributed by atoms with Crippen LogP contribution in [0.5, 0.6) is 0 Å². The number of carbonyl (C=O) groups excluding carboxylic acids is 1. The highest BCUT2D eigenvalue weighted by Gasteiger charge is 2.30. The molecule has 0 aliphatic carbocycles. The Hall–Kier alpha value is -2.89. The molecule has 3 rings (SSSR count). The predicted octanol–water partition coefficient (Wildman–Crippen LogP) is 4.27. The summed E-state index contributed by atoms with van der Waals surface area (Å²) < 4.78 is 2.10. The van der Waals surface area contributed by atoms with Crippen LogP contribution >= 0.6 is 24.0 Å². The molecule has 1 amide bonds. The molecule has 1 saturated heterocycles. The van der Waals surface area contributed by atoms with Crippen LogP contribution < -0.4 is 10.9 Å². The molecule has 1 aromatic carbocycles. The van der Waals surface area contributed by atoms with Crippen molar-refractivity contribution in [2.75, 3.05) is 12.4 Å². The number of thiocarbonyl (C=S) groups is 1. The fourth-order valence-electron chi connectivity index (χ4n) is 3.34. The molecular weight excluding hydrogens is 428 g/mol. The first-order valence-electron chi connectivity index (χ1n) is 10.1. The number of rotatable bonds is 7. The fraction of sp³-hybridized carbons (Fsp3) is 0.304. The van der Waals surface area contributed by atoms with Gasteiger partial charge in [-0.1, -0.05) is 67.7 Å². The summed E-state index contributed by atoms with van der Waals surface area (Å²) in [5.41, 5.74) is 2.06. The van der Waals surface area contributed by atoms with Crippen LogP contribution in [-0.2, 0) is 17.9 Å². The molecule has 0 saturated carbocycles. The smallest absolute Gasteiger partial charge is 0.270 e. The quantitative estimate of drug-likeness (QED) is 0.499. The monoisotopic (exact) mass is 452 g/mol. The van der Waals surface area contributed by atoms with Gasteiger partial charge in [-0.15, -0.1) is 0 Å². The Bertz CT molecular complexity index is 1150. The first-order chi connectivity index (χ1) is 14.9. The van der Waals surface area contributed by atoms with E-state index in [1.165, 1.54) is 16.7 Å². The van der Waals surface area contributed by atoms with Gasteiger partial charge in [0.1, 0.15) is 21.8 Å². The maximum atomic E-state index is 13.1. The highest BCUT2D eigenvalue weighted by Crippen LogP contribution is 2.34. The molecule has 2 aromatic rings. The molecule has 0 unspecified atom stereocenters. The van der Waals surface area contributed by atoms with Gasteiger partial charge in [0.05, 0.1) is 4.91 Å². The van der Waals surface area contributed by atoms with Crippen LogP contribution in [0.25, 0.3) is 6.08 Å². The number of likely N-dealkylation sites (N-methyl/N-ethyl adjacent to an activating group) is 1. The molecule has 2 heterocycles. The first kappa shape index (κ1) is 22.8. The molecule has 0 bridgehead atoms. The number of nitriles is 1. The van der Waals surface area contributed by atoms with E-state index >= 15 is 0 Å². The summed E-state index contributed by atoms with van der Waals surface area (Å²) >= 11 is 6.47. The number of aromatic nitrogens is 1. The van der Waals surface area contributed by atoms with Crippen molar-refractivity contribution < 1.29 is 4.79 Å². The summed E-state index contributed by atoms with van der Waals surface area (Å²) in [4.78, 5) is 27.6. The summed E-state index contributed by atoms with van der Waals surface area (Å²) in [6.45, 7) is 4.79. The maximum Gasteiger partial charge on any atom is 0.270 e. The second kappa shape index (κ2) is 9.94. The van der Waals surface area contributed by atoms with Gasteiger partial charge in [-0.2, -0.15) is 5.26 Å². The van der Waals surface area contributed by atoms with Crippen molar-refractivity contribution in [2.24, 2.45) is 0 Å². The van der Waals surface area contributed by atoms with Crippen molar-refractivity contribution in [3.8, 4) is 6.07 Å². The molecule has 160 valence electrons. The molecular formula is C23H24N4O2S2. The minimum Gasteiger partial charge on any atom is -0.367 e. The van der Waals surface area contributed by atoms with Gasteiger partial charge in [-0.25, -0.2) is 0 Å². The number of thioether (sulfide) groups is 1.